The van der Waals surface area contributed by atoms with Crippen LogP contribution in [0.4, 0.5) is 34.1 Å². The molecule has 0 fully saturated rings. The minimum absolute atomic E-state index is 0.00989. The zero-order valence-corrected chi connectivity index (χ0v) is 15.4. The average Bonchev–Trinajstić information content (AvgIpc) is 2.65. The molecular weight excluding hydrogens is 401 g/mol. The highest BCUT2D eigenvalue weighted by molar-refractivity contribution is 6.18. The lowest BCUT2D eigenvalue weighted by atomic mass is 10.2. The Labute approximate surface area is 163 Å². The van der Waals surface area contributed by atoms with Gasteiger partial charge in [-0.2, -0.15) is 13.2 Å². The number of amides is 2. The summed E-state index contributed by atoms with van der Waals surface area (Å²) in [5, 5.41) is 2.40. The van der Waals surface area contributed by atoms with Crippen LogP contribution in [-0.2, 0) is 10.9 Å². The molecule has 28 heavy (non-hydrogen) atoms. The summed E-state index contributed by atoms with van der Waals surface area (Å²) in [4.78, 5) is 24.7. The van der Waals surface area contributed by atoms with Crippen molar-refractivity contribution in [2.24, 2.45) is 0 Å². The van der Waals surface area contributed by atoms with Crippen molar-refractivity contribution >= 4 is 35.2 Å². The van der Waals surface area contributed by atoms with Crippen molar-refractivity contribution in [2.75, 3.05) is 29.8 Å². The predicted octanol–water partition coefficient (Wildman–Crippen LogP) is 5.13. The molecule has 0 atom stereocenters. The molecule has 2 aromatic rings. The number of nitrogens with zero attached hydrogens (tertiary/aromatic N) is 1. The molecule has 10 heteroatoms. The van der Waals surface area contributed by atoms with Crippen LogP contribution in [0.3, 0.4) is 0 Å². The van der Waals surface area contributed by atoms with Gasteiger partial charge in [0.15, 0.2) is 0 Å². The second-order valence-electron chi connectivity index (χ2n) is 5.40. The van der Waals surface area contributed by atoms with Crippen LogP contribution < -0.4 is 15.0 Å². The van der Waals surface area contributed by atoms with Gasteiger partial charge in [-0.15, -0.1) is 11.6 Å². The van der Waals surface area contributed by atoms with Crippen LogP contribution in [0, 0.1) is 0 Å². The molecule has 2 rings (SSSR count). The highest BCUT2D eigenvalue weighted by atomic mass is 35.5. The first kappa shape index (κ1) is 21.4. The van der Waals surface area contributed by atoms with Gasteiger partial charge in [0, 0.05) is 29.9 Å². The molecule has 2 aromatic carbocycles. The third-order valence-corrected chi connectivity index (χ3v) is 3.65. The highest BCUT2D eigenvalue weighted by Crippen LogP contribution is 2.32. The van der Waals surface area contributed by atoms with Gasteiger partial charge in [0.25, 0.3) is 0 Å². The van der Waals surface area contributed by atoms with E-state index in [0.717, 1.165) is 17.0 Å². The van der Waals surface area contributed by atoms with Crippen LogP contribution in [-0.4, -0.2) is 31.7 Å². The minimum atomic E-state index is -4.56. The van der Waals surface area contributed by atoms with E-state index in [1.165, 1.54) is 43.5 Å². The fourth-order valence-electron chi connectivity index (χ4n) is 2.22. The van der Waals surface area contributed by atoms with Crippen molar-refractivity contribution in [1.82, 2.24) is 0 Å². The summed E-state index contributed by atoms with van der Waals surface area (Å²) in [6.07, 6.45) is -6.19. The van der Waals surface area contributed by atoms with Crippen molar-refractivity contribution in [3.05, 3.63) is 54.1 Å². The largest absolute Gasteiger partial charge is 0.453 e. The SMILES string of the molecule is COC(=O)Nc1cccc(OC(=O)N(CCCl)c2cccc(C(F)(F)F)c2)c1. The first-order valence-corrected chi connectivity index (χ1v) is 8.45. The van der Waals surface area contributed by atoms with E-state index in [-0.39, 0.29) is 23.9 Å². The summed E-state index contributed by atoms with van der Waals surface area (Å²) in [5.41, 5.74) is -0.605. The van der Waals surface area contributed by atoms with Crippen LogP contribution in [0.15, 0.2) is 48.5 Å². The molecule has 0 heterocycles. The lowest BCUT2D eigenvalue weighted by molar-refractivity contribution is -0.137. The summed E-state index contributed by atoms with van der Waals surface area (Å²) in [6, 6.07) is 10.1. The summed E-state index contributed by atoms with van der Waals surface area (Å²) in [5.74, 6) is 0.0559. The first-order chi connectivity index (χ1) is 13.2. The molecule has 150 valence electrons. The van der Waals surface area contributed by atoms with E-state index in [2.05, 4.69) is 10.1 Å². The average molecular weight is 417 g/mol. The Hall–Kier alpha value is -2.94. The van der Waals surface area contributed by atoms with Gasteiger partial charge in [-0.1, -0.05) is 12.1 Å². The topological polar surface area (TPSA) is 67.9 Å². The van der Waals surface area contributed by atoms with Crippen molar-refractivity contribution in [3.63, 3.8) is 0 Å². The van der Waals surface area contributed by atoms with E-state index in [4.69, 9.17) is 16.3 Å². The number of hydrogen-bond donors (Lipinski definition) is 1. The molecule has 0 unspecified atom stereocenters. The number of hydrogen-bond acceptors (Lipinski definition) is 4. The van der Waals surface area contributed by atoms with Gasteiger partial charge in [0.2, 0.25) is 0 Å². The highest BCUT2D eigenvalue weighted by Gasteiger charge is 2.31. The smallest absolute Gasteiger partial charge is 0.419 e. The lowest BCUT2D eigenvalue weighted by Gasteiger charge is -2.22. The minimum Gasteiger partial charge on any atom is -0.453 e. The Kier molecular flexibility index (Phi) is 7.11. The van der Waals surface area contributed by atoms with E-state index in [9.17, 15) is 22.8 Å². The molecule has 6 nitrogen and oxygen atoms in total. The number of halogens is 4. The lowest BCUT2D eigenvalue weighted by Crippen LogP contribution is -2.35. The van der Waals surface area contributed by atoms with E-state index >= 15 is 0 Å². The summed E-state index contributed by atoms with van der Waals surface area (Å²) < 4.78 is 48.5. The molecule has 2 amide bonds. The number of anilines is 2. The van der Waals surface area contributed by atoms with Crippen LogP contribution in [0.1, 0.15) is 5.56 Å². The molecule has 0 saturated carbocycles. The monoisotopic (exact) mass is 416 g/mol. The molecule has 0 spiro atoms. The van der Waals surface area contributed by atoms with Gasteiger partial charge in [-0.25, -0.2) is 9.59 Å². The van der Waals surface area contributed by atoms with Gasteiger partial charge in [0.1, 0.15) is 5.75 Å². The summed E-state index contributed by atoms with van der Waals surface area (Å²) in [6.45, 7) is -0.0677. The van der Waals surface area contributed by atoms with Crippen molar-refractivity contribution in [2.45, 2.75) is 6.18 Å². The number of ether oxygens (including phenoxy) is 2. The van der Waals surface area contributed by atoms with Crippen molar-refractivity contribution in [3.8, 4) is 5.75 Å². The number of rotatable bonds is 5. The molecule has 0 aliphatic carbocycles. The van der Waals surface area contributed by atoms with Gasteiger partial charge >= 0.3 is 18.4 Å². The second kappa shape index (κ2) is 9.32. The van der Waals surface area contributed by atoms with Crippen LogP contribution >= 0.6 is 11.6 Å². The van der Waals surface area contributed by atoms with E-state index in [0.29, 0.717) is 5.69 Å². The number of carbonyl (C=O) groups is 2. The maximum Gasteiger partial charge on any atom is 0.419 e. The number of alkyl halides is 4. The maximum atomic E-state index is 12.9. The molecule has 0 saturated heterocycles. The molecule has 0 aromatic heterocycles. The van der Waals surface area contributed by atoms with E-state index in [1.54, 1.807) is 0 Å². The number of benzene rings is 2. The summed E-state index contributed by atoms with van der Waals surface area (Å²) >= 11 is 5.69. The third kappa shape index (κ3) is 5.78. The zero-order valence-electron chi connectivity index (χ0n) is 14.6. The van der Waals surface area contributed by atoms with Gasteiger partial charge in [-0.3, -0.25) is 10.2 Å². The number of nitrogens with one attached hydrogen (secondary N) is 1. The van der Waals surface area contributed by atoms with Crippen LogP contribution in [0.2, 0.25) is 0 Å². The van der Waals surface area contributed by atoms with Gasteiger partial charge < -0.3 is 9.47 Å². The quantitative estimate of drug-likeness (QED) is 0.686. The molecule has 1 N–H and O–H groups in total. The van der Waals surface area contributed by atoms with Crippen molar-refractivity contribution < 1.29 is 32.2 Å². The standard InChI is InChI=1S/C18H16ClF3N2O4/c1-27-16(25)23-13-5-3-7-15(11-13)28-17(26)24(9-8-19)14-6-2-4-12(10-14)18(20,21)22/h2-7,10-11H,8-9H2,1H3,(H,23,25). The van der Waals surface area contributed by atoms with Crippen molar-refractivity contribution in [1.29, 1.82) is 0 Å². The normalized spacial score (nSPS) is 10.9. The Balaban J connectivity index is 2.22. The molecule has 0 bridgehead atoms. The van der Waals surface area contributed by atoms with Gasteiger partial charge in [0.05, 0.1) is 12.7 Å². The third-order valence-electron chi connectivity index (χ3n) is 3.48. The Morgan fingerprint density at radius 1 is 1.14 bits per heavy atom. The molecule has 0 aliphatic heterocycles. The molecule has 0 aliphatic rings. The second-order valence-corrected chi connectivity index (χ2v) is 5.78. The fourth-order valence-corrected chi connectivity index (χ4v) is 2.39. The maximum absolute atomic E-state index is 12.9. The number of methoxy groups -OCH3 is 1. The fraction of sp³-hybridized carbons (Fsp3) is 0.222. The first-order valence-electron chi connectivity index (χ1n) is 7.92. The van der Waals surface area contributed by atoms with E-state index in [1.807, 2.05) is 0 Å². The Bertz CT molecular complexity index is 846. The number of carbonyl (C=O) groups excluding carboxylic acids is 2. The Morgan fingerprint density at radius 2 is 1.86 bits per heavy atom. The predicted molar refractivity (Wildman–Crippen MR) is 98.0 cm³/mol. The van der Waals surface area contributed by atoms with Gasteiger partial charge in [-0.05, 0) is 30.3 Å². The Morgan fingerprint density at radius 3 is 2.50 bits per heavy atom. The van der Waals surface area contributed by atoms with E-state index < -0.39 is 23.9 Å². The molecule has 0 radical (unpaired) electrons. The van der Waals surface area contributed by atoms with Crippen LogP contribution in [0.5, 0.6) is 5.75 Å². The summed E-state index contributed by atoms with van der Waals surface area (Å²) in [7, 11) is 1.19. The van der Waals surface area contributed by atoms with Crippen LogP contribution in [0.25, 0.3) is 0 Å². The zero-order chi connectivity index (χ0) is 20.7. The molecular formula is C18H16ClF3N2O4.